The largest absolute Gasteiger partial charge is 0.462 e. The van der Waals surface area contributed by atoms with Gasteiger partial charge in [-0.2, -0.15) is 0 Å². The van der Waals surface area contributed by atoms with Gasteiger partial charge in [-0.3, -0.25) is 14.4 Å². The molecule has 0 unspecified atom stereocenters. The van der Waals surface area contributed by atoms with Gasteiger partial charge in [0.1, 0.15) is 16.5 Å². The summed E-state index contributed by atoms with van der Waals surface area (Å²) in [5, 5.41) is 5.18. The fraction of sp³-hybridized carbons (Fsp3) is 0.0769. The molecule has 0 fully saturated rings. The lowest BCUT2D eigenvalue weighted by atomic mass is 10.2. The van der Waals surface area contributed by atoms with Gasteiger partial charge in [-0.25, -0.2) is 14.1 Å². The minimum Gasteiger partial charge on any atom is -0.462 e. The molecular weight excluding hydrogens is 489 g/mol. The van der Waals surface area contributed by atoms with Gasteiger partial charge in [-0.1, -0.05) is 11.6 Å². The van der Waals surface area contributed by atoms with Gasteiger partial charge in [-0.05, 0) is 79.7 Å². The van der Waals surface area contributed by atoms with Crippen molar-refractivity contribution in [3.63, 3.8) is 0 Å². The molecule has 2 N–H and O–H groups in total. The molecule has 3 aromatic carbocycles. The number of hydrogen-bond donors (Lipinski definition) is 2. The van der Waals surface area contributed by atoms with Gasteiger partial charge < -0.3 is 15.4 Å². The van der Waals surface area contributed by atoms with E-state index >= 15 is 0 Å². The molecule has 10 heteroatoms. The van der Waals surface area contributed by atoms with Gasteiger partial charge in [0.25, 0.3) is 17.7 Å². The highest BCUT2D eigenvalue weighted by Gasteiger charge is 2.39. The molecule has 182 valence electrons. The molecule has 0 spiro atoms. The van der Waals surface area contributed by atoms with Crippen LogP contribution in [0.5, 0.6) is 0 Å². The van der Waals surface area contributed by atoms with Gasteiger partial charge in [0.05, 0.1) is 17.9 Å². The van der Waals surface area contributed by atoms with E-state index < -0.39 is 29.5 Å². The minimum atomic E-state index is -0.719. The Morgan fingerprint density at radius 2 is 1.44 bits per heavy atom. The van der Waals surface area contributed by atoms with Crippen LogP contribution >= 0.6 is 11.6 Å². The molecule has 1 aliphatic rings. The first-order chi connectivity index (χ1) is 17.3. The number of anilines is 3. The summed E-state index contributed by atoms with van der Waals surface area (Å²) >= 11 is 6.16. The molecule has 0 saturated heterocycles. The fourth-order valence-corrected chi connectivity index (χ4v) is 3.61. The molecule has 0 atom stereocenters. The smallest absolute Gasteiger partial charge is 0.338 e. The second kappa shape index (κ2) is 10.4. The summed E-state index contributed by atoms with van der Waals surface area (Å²) in [5.74, 6) is -2.73. The number of nitrogens with one attached hydrogen (secondary N) is 2. The van der Waals surface area contributed by atoms with Gasteiger partial charge in [0.2, 0.25) is 0 Å². The van der Waals surface area contributed by atoms with Crippen molar-refractivity contribution in [1.82, 2.24) is 0 Å². The lowest BCUT2D eigenvalue weighted by molar-refractivity contribution is -0.120. The van der Waals surface area contributed by atoms with Gasteiger partial charge in [0, 0.05) is 16.9 Å². The van der Waals surface area contributed by atoms with Crippen molar-refractivity contribution in [2.45, 2.75) is 6.92 Å². The van der Waals surface area contributed by atoms with Crippen LogP contribution in [-0.4, -0.2) is 30.3 Å². The maximum absolute atomic E-state index is 13.0. The predicted molar refractivity (Wildman–Crippen MR) is 132 cm³/mol. The summed E-state index contributed by atoms with van der Waals surface area (Å²) in [6, 6.07) is 17.3. The molecule has 8 nitrogen and oxygen atoms in total. The molecule has 0 aromatic heterocycles. The Hall–Kier alpha value is -4.50. The summed E-state index contributed by atoms with van der Waals surface area (Å²) < 4.78 is 18.0. The zero-order chi connectivity index (χ0) is 25.8. The Labute approximate surface area is 210 Å². The van der Waals surface area contributed by atoms with Crippen molar-refractivity contribution in [2.75, 3.05) is 22.1 Å². The van der Waals surface area contributed by atoms with Crippen LogP contribution in [0, 0.1) is 5.82 Å². The molecule has 0 bridgehead atoms. The van der Waals surface area contributed by atoms with Crippen LogP contribution in [0.25, 0.3) is 0 Å². The second-order valence-electron chi connectivity index (χ2n) is 7.57. The van der Waals surface area contributed by atoms with E-state index in [-0.39, 0.29) is 28.6 Å². The highest BCUT2D eigenvalue weighted by Crippen LogP contribution is 2.30. The van der Waals surface area contributed by atoms with Crippen LogP contribution in [0.2, 0.25) is 0 Å². The lowest BCUT2D eigenvalue weighted by Crippen LogP contribution is -2.32. The maximum atomic E-state index is 13.0. The molecular formula is C26H19ClFN3O5. The zero-order valence-electron chi connectivity index (χ0n) is 18.9. The van der Waals surface area contributed by atoms with E-state index in [1.165, 1.54) is 60.7 Å². The average molecular weight is 508 g/mol. The van der Waals surface area contributed by atoms with E-state index in [1.54, 1.807) is 19.1 Å². The quantitative estimate of drug-likeness (QED) is 0.355. The molecule has 0 aliphatic carbocycles. The third kappa shape index (κ3) is 5.11. The molecule has 1 heterocycles. The van der Waals surface area contributed by atoms with Crippen molar-refractivity contribution in [1.29, 1.82) is 0 Å². The monoisotopic (exact) mass is 507 g/mol. The molecule has 3 amide bonds. The van der Waals surface area contributed by atoms with Crippen molar-refractivity contribution in [3.05, 3.63) is 100 Å². The first-order valence-electron chi connectivity index (χ1n) is 10.8. The van der Waals surface area contributed by atoms with Crippen molar-refractivity contribution in [3.8, 4) is 0 Å². The predicted octanol–water partition coefficient (Wildman–Crippen LogP) is 4.69. The number of amides is 3. The first kappa shape index (κ1) is 24.6. The molecule has 3 aromatic rings. The zero-order valence-corrected chi connectivity index (χ0v) is 19.6. The Morgan fingerprint density at radius 1 is 0.861 bits per heavy atom. The maximum Gasteiger partial charge on any atom is 0.338 e. The average Bonchev–Trinajstić information content (AvgIpc) is 3.09. The fourth-order valence-electron chi connectivity index (χ4n) is 3.39. The van der Waals surface area contributed by atoms with E-state index in [1.807, 2.05) is 0 Å². The summed E-state index contributed by atoms with van der Waals surface area (Å²) in [7, 11) is 0. The minimum absolute atomic E-state index is 0.125. The number of imide groups is 1. The summed E-state index contributed by atoms with van der Waals surface area (Å²) in [6.45, 7) is 1.91. The number of rotatable bonds is 7. The number of benzene rings is 3. The number of nitrogens with zero attached hydrogens (tertiary/aromatic N) is 1. The van der Waals surface area contributed by atoms with Crippen molar-refractivity contribution < 1.29 is 28.3 Å². The number of carbonyl (C=O) groups is 4. The topological polar surface area (TPSA) is 105 Å². The number of carbonyl (C=O) groups excluding carboxylic acids is 4. The number of ether oxygens (including phenoxy) is 1. The first-order valence-corrected chi connectivity index (χ1v) is 11.2. The molecule has 1 aliphatic heterocycles. The van der Waals surface area contributed by atoms with Crippen LogP contribution in [-0.2, 0) is 14.3 Å². The third-order valence-corrected chi connectivity index (χ3v) is 5.53. The van der Waals surface area contributed by atoms with Crippen LogP contribution < -0.4 is 15.5 Å². The van der Waals surface area contributed by atoms with Gasteiger partial charge >= 0.3 is 5.97 Å². The second-order valence-corrected chi connectivity index (χ2v) is 7.94. The Kier molecular flexibility index (Phi) is 7.12. The number of halogens is 2. The number of esters is 1. The van der Waals surface area contributed by atoms with E-state index in [0.717, 1.165) is 4.90 Å². The van der Waals surface area contributed by atoms with Crippen molar-refractivity contribution >= 4 is 52.4 Å². The summed E-state index contributed by atoms with van der Waals surface area (Å²) in [4.78, 5) is 50.8. The van der Waals surface area contributed by atoms with Crippen molar-refractivity contribution in [2.24, 2.45) is 0 Å². The van der Waals surface area contributed by atoms with Crippen LogP contribution in [0.3, 0.4) is 0 Å². The van der Waals surface area contributed by atoms with Crippen LogP contribution in [0.15, 0.2) is 83.5 Å². The lowest BCUT2D eigenvalue weighted by Gasteiger charge is -2.15. The number of hydrogen-bond acceptors (Lipinski definition) is 6. The van der Waals surface area contributed by atoms with E-state index in [2.05, 4.69) is 10.6 Å². The van der Waals surface area contributed by atoms with Gasteiger partial charge in [-0.15, -0.1) is 0 Å². The van der Waals surface area contributed by atoms with E-state index in [4.69, 9.17) is 16.3 Å². The molecule has 0 radical (unpaired) electrons. The third-order valence-electron chi connectivity index (χ3n) is 5.18. The Bertz CT molecular complexity index is 1370. The summed E-state index contributed by atoms with van der Waals surface area (Å²) in [6.07, 6.45) is 0. The Balaban J connectivity index is 1.45. The summed E-state index contributed by atoms with van der Waals surface area (Å²) in [5.41, 5.74) is 1.57. The van der Waals surface area contributed by atoms with Crippen LogP contribution in [0.1, 0.15) is 27.6 Å². The normalized spacial score (nSPS) is 13.1. The highest BCUT2D eigenvalue weighted by atomic mass is 35.5. The van der Waals surface area contributed by atoms with E-state index in [0.29, 0.717) is 16.9 Å². The standard InChI is InChI=1S/C26H19ClFN3O5/c1-2-36-26(35)16-5-13-20(14-6-16)31-24(33)21(27)22(25(31)34)29-18-9-3-15(4-10-18)23(32)30-19-11-7-17(28)8-12-19/h3-14,29H,2H2,1H3,(H,30,32). The molecule has 4 rings (SSSR count). The molecule has 36 heavy (non-hydrogen) atoms. The molecule has 0 saturated carbocycles. The van der Waals surface area contributed by atoms with Gasteiger partial charge in [0.15, 0.2) is 0 Å². The SMILES string of the molecule is CCOC(=O)c1ccc(N2C(=O)C(Cl)=C(Nc3ccc(C(=O)Nc4ccc(F)cc4)cc3)C2=O)cc1. The van der Waals surface area contributed by atoms with E-state index in [9.17, 15) is 23.6 Å². The highest BCUT2D eigenvalue weighted by molar-refractivity contribution is 6.53. The van der Waals surface area contributed by atoms with Crippen LogP contribution in [0.4, 0.5) is 21.5 Å². The Morgan fingerprint density at radius 3 is 2.06 bits per heavy atom.